The van der Waals surface area contributed by atoms with Crippen molar-refractivity contribution >= 4 is 27.5 Å². The van der Waals surface area contributed by atoms with Crippen molar-refractivity contribution in [2.75, 3.05) is 6.61 Å². The van der Waals surface area contributed by atoms with Crippen LogP contribution in [0.25, 0.3) is 5.57 Å². The van der Waals surface area contributed by atoms with Gasteiger partial charge >= 0.3 is 5.97 Å². The van der Waals surface area contributed by atoms with E-state index >= 15 is 0 Å². The van der Waals surface area contributed by atoms with Crippen molar-refractivity contribution in [2.45, 2.75) is 6.92 Å². The molecule has 0 fully saturated rings. The number of ether oxygens (including phenoxy) is 1. The lowest BCUT2D eigenvalue weighted by Crippen LogP contribution is -1.99. The van der Waals surface area contributed by atoms with Crippen molar-refractivity contribution in [2.24, 2.45) is 0 Å². The average Bonchev–Trinajstić information content (AvgIpc) is 2.20. The van der Waals surface area contributed by atoms with Gasteiger partial charge in [-0.25, -0.2) is 4.79 Å². The van der Waals surface area contributed by atoms with E-state index in [1.165, 1.54) is 0 Å². The number of halogens is 1. The van der Waals surface area contributed by atoms with Gasteiger partial charge in [0.2, 0.25) is 0 Å². The Bertz CT molecular complexity index is 399. The number of hydrogen-bond acceptors (Lipinski definition) is 2. The number of rotatable bonds is 4. The summed E-state index contributed by atoms with van der Waals surface area (Å²) in [5.74, 6) is -0.328. The molecule has 0 heterocycles. The first kappa shape index (κ1) is 11.8. The van der Waals surface area contributed by atoms with Crippen LogP contribution in [0.3, 0.4) is 0 Å². The largest absolute Gasteiger partial charge is 0.493 e. The topological polar surface area (TPSA) is 46.5 Å². The summed E-state index contributed by atoms with van der Waals surface area (Å²) < 4.78 is 6.03. The van der Waals surface area contributed by atoms with Gasteiger partial charge in [0, 0.05) is 0 Å². The van der Waals surface area contributed by atoms with Gasteiger partial charge in [0.05, 0.1) is 16.7 Å². The summed E-state index contributed by atoms with van der Waals surface area (Å²) in [5, 5.41) is 8.75. The Balaban J connectivity index is 3.01. The summed E-state index contributed by atoms with van der Waals surface area (Å²) in [6.45, 7) is 5.93. The molecule has 1 rings (SSSR count). The zero-order chi connectivity index (χ0) is 11.4. The van der Waals surface area contributed by atoms with Gasteiger partial charge in [-0.3, -0.25) is 0 Å². The van der Waals surface area contributed by atoms with Crippen LogP contribution in [-0.4, -0.2) is 17.7 Å². The van der Waals surface area contributed by atoms with Gasteiger partial charge in [-0.05, 0) is 40.5 Å². The maximum Gasteiger partial charge on any atom is 0.335 e. The van der Waals surface area contributed by atoms with Crippen LogP contribution in [0.5, 0.6) is 5.75 Å². The molecule has 15 heavy (non-hydrogen) atoms. The molecule has 0 aliphatic carbocycles. The smallest absolute Gasteiger partial charge is 0.335 e. The van der Waals surface area contributed by atoms with Crippen molar-refractivity contribution in [3.63, 3.8) is 0 Å². The van der Waals surface area contributed by atoms with Crippen LogP contribution in [0.15, 0.2) is 29.3 Å². The average molecular weight is 271 g/mol. The molecule has 0 saturated heterocycles. The Labute approximate surface area is 96.5 Å². The second-order valence-corrected chi connectivity index (χ2v) is 3.72. The van der Waals surface area contributed by atoms with Crippen LogP contribution >= 0.6 is 15.9 Å². The van der Waals surface area contributed by atoms with E-state index in [1.54, 1.807) is 18.2 Å². The number of hydrogen-bond donors (Lipinski definition) is 1. The van der Waals surface area contributed by atoms with E-state index in [0.29, 0.717) is 17.9 Å². The minimum atomic E-state index is -1.02. The summed E-state index contributed by atoms with van der Waals surface area (Å²) in [7, 11) is 0. The molecule has 3 nitrogen and oxygen atoms in total. The Hall–Kier alpha value is -1.29. The molecule has 4 heteroatoms. The Morgan fingerprint density at radius 2 is 2.27 bits per heavy atom. The van der Waals surface area contributed by atoms with Gasteiger partial charge < -0.3 is 9.84 Å². The minimum Gasteiger partial charge on any atom is -0.493 e. The van der Waals surface area contributed by atoms with Crippen LogP contribution in [0.2, 0.25) is 0 Å². The first-order valence-electron chi connectivity index (χ1n) is 4.41. The molecule has 0 atom stereocenters. The highest BCUT2D eigenvalue weighted by molar-refractivity contribution is 9.10. The molecule has 1 aromatic rings. The van der Waals surface area contributed by atoms with Gasteiger partial charge in [0.1, 0.15) is 5.75 Å². The number of carboxylic acids is 1. The fourth-order valence-corrected chi connectivity index (χ4v) is 1.58. The quantitative estimate of drug-likeness (QED) is 0.856. The van der Waals surface area contributed by atoms with E-state index in [4.69, 9.17) is 9.84 Å². The molecular weight excluding hydrogens is 260 g/mol. The van der Waals surface area contributed by atoms with Gasteiger partial charge in [0.25, 0.3) is 0 Å². The van der Waals surface area contributed by atoms with Gasteiger partial charge in [-0.15, -0.1) is 0 Å². The molecule has 0 aromatic heterocycles. The highest BCUT2D eigenvalue weighted by atomic mass is 79.9. The summed E-state index contributed by atoms with van der Waals surface area (Å²) in [5.41, 5.74) is 0.636. The van der Waals surface area contributed by atoms with E-state index < -0.39 is 5.97 Å². The second kappa shape index (κ2) is 4.98. The highest BCUT2D eigenvalue weighted by Crippen LogP contribution is 2.28. The predicted octanol–water partition coefficient (Wildman–Crippen LogP) is 2.95. The summed E-state index contributed by atoms with van der Waals surface area (Å²) >= 11 is 3.31. The van der Waals surface area contributed by atoms with Crippen molar-refractivity contribution in [1.82, 2.24) is 0 Å². The summed E-state index contributed by atoms with van der Waals surface area (Å²) in [4.78, 5) is 10.7. The Morgan fingerprint density at radius 3 is 2.73 bits per heavy atom. The Kier molecular flexibility index (Phi) is 3.91. The molecule has 1 N–H and O–H groups in total. The fourth-order valence-electron chi connectivity index (χ4n) is 1.08. The second-order valence-electron chi connectivity index (χ2n) is 2.86. The maximum atomic E-state index is 10.7. The third-order valence-electron chi connectivity index (χ3n) is 1.84. The normalized spacial score (nSPS) is 9.73. The zero-order valence-corrected chi connectivity index (χ0v) is 9.87. The lowest BCUT2D eigenvalue weighted by atomic mass is 10.1. The molecule has 0 amide bonds. The van der Waals surface area contributed by atoms with Crippen LogP contribution in [0, 0.1) is 0 Å². The number of carboxylic acid groups (broad SMARTS) is 1. The Morgan fingerprint density at radius 1 is 1.60 bits per heavy atom. The summed E-state index contributed by atoms with van der Waals surface area (Å²) in [6, 6.07) is 5.07. The van der Waals surface area contributed by atoms with Crippen LogP contribution < -0.4 is 4.74 Å². The molecule has 0 radical (unpaired) electrons. The van der Waals surface area contributed by atoms with Crippen molar-refractivity contribution in [1.29, 1.82) is 0 Å². The molecule has 80 valence electrons. The first-order valence-corrected chi connectivity index (χ1v) is 5.20. The van der Waals surface area contributed by atoms with E-state index in [9.17, 15) is 4.79 Å². The number of carbonyl (C=O) groups is 1. The predicted molar refractivity (Wildman–Crippen MR) is 62.0 cm³/mol. The van der Waals surface area contributed by atoms with Crippen molar-refractivity contribution in [3.05, 3.63) is 34.8 Å². The minimum absolute atomic E-state index is 0.0683. The lowest BCUT2D eigenvalue weighted by Gasteiger charge is -2.07. The molecule has 0 bridgehead atoms. The van der Waals surface area contributed by atoms with E-state index in [-0.39, 0.29) is 5.57 Å². The first-order chi connectivity index (χ1) is 7.06. The molecular formula is C11H11BrO3. The van der Waals surface area contributed by atoms with Gasteiger partial charge in [-0.1, -0.05) is 12.6 Å². The third kappa shape index (κ3) is 2.83. The molecule has 0 aliphatic rings. The fraction of sp³-hybridized carbons (Fsp3) is 0.182. The number of benzene rings is 1. The van der Waals surface area contributed by atoms with Gasteiger partial charge in [0.15, 0.2) is 0 Å². The maximum absolute atomic E-state index is 10.7. The monoisotopic (exact) mass is 270 g/mol. The van der Waals surface area contributed by atoms with E-state index in [2.05, 4.69) is 22.5 Å². The summed E-state index contributed by atoms with van der Waals surface area (Å²) in [6.07, 6.45) is 0. The molecule has 1 aromatic carbocycles. The highest BCUT2D eigenvalue weighted by Gasteiger charge is 2.09. The lowest BCUT2D eigenvalue weighted by molar-refractivity contribution is -0.130. The molecule has 0 unspecified atom stereocenters. The number of aliphatic carboxylic acids is 1. The van der Waals surface area contributed by atoms with Crippen molar-refractivity contribution in [3.8, 4) is 5.75 Å². The van der Waals surface area contributed by atoms with Crippen LogP contribution in [-0.2, 0) is 4.79 Å². The van der Waals surface area contributed by atoms with Crippen LogP contribution in [0.1, 0.15) is 12.5 Å². The molecule has 0 saturated carbocycles. The van der Waals surface area contributed by atoms with Crippen LogP contribution in [0.4, 0.5) is 0 Å². The third-order valence-corrected chi connectivity index (χ3v) is 2.46. The SMILES string of the molecule is C=C(C(=O)O)c1ccc(OCC)c(Br)c1. The van der Waals surface area contributed by atoms with E-state index in [0.717, 1.165) is 4.47 Å². The van der Waals surface area contributed by atoms with E-state index in [1.807, 2.05) is 6.92 Å². The zero-order valence-electron chi connectivity index (χ0n) is 8.29. The van der Waals surface area contributed by atoms with Crippen molar-refractivity contribution < 1.29 is 14.6 Å². The molecule has 0 aliphatic heterocycles. The van der Waals surface area contributed by atoms with Gasteiger partial charge in [-0.2, -0.15) is 0 Å². The standard InChI is InChI=1S/C11H11BrO3/c1-3-15-10-5-4-8(6-9(10)12)7(2)11(13)14/h4-6H,2-3H2,1H3,(H,13,14). The molecule has 0 spiro atoms.